The van der Waals surface area contributed by atoms with E-state index in [-0.39, 0.29) is 0 Å². The van der Waals surface area contributed by atoms with Gasteiger partial charge < -0.3 is 0 Å². The van der Waals surface area contributed by atoms with E-state index in [1.807, 2.05) is 84.3 Å². The van der Waals surface area contributed by atoms with Gasteiger partial charge in [-0.1, -0.05) is 116 Å². The van der Waals surface area contributed by atoms with Crippen LogP contribution in [0.2, 0.25) is 0 Å². The number of rotatable bonds is 8. The molecule has 0 aliphatic heterocycles. The molecule has 0 N–H and O–H groups in total. The van der Waals surface area contributed by atoms with Gasteiger partial charge in [-0.25, -0.2) is 4.99 Å². The molecule has 0 aromatic carbocycles. The van der Waals surface area contributed by atoms with Crippen LogP contribution in [0.15, 0.2) is 103 Å². The Kier molecular flexibility index (Phi) is 37.5. The van der Waals surface area contributed by atoms with Crippen LogP contribution in [-0.4, -0.2) is 11.3 Å². The SMILES string of the molecule is C=C\C=C/C(=C\C=C)/N=C(SC)\C(\C=C/C=C)=C\C=C.CC.CC.CC. The summed E-state index contributed by atoms with van der Waals surface area (Å²) >= 11 is 1.57. The molecule has 0 spiro atoms. The minimum absolute atomic E-state index is 0.811. The number of hydrogen-bond acceptors (Lipinski definition) is 2. The molecule has 0 aromatic rings. The highest BCUT2D eigenvalue weighted by Crippen LogP contribution is 2.15. The molecule has 0 unspecified atom stereocenters. The third-order valence-corrected chi connectivity index (χ3v) is 2.79. The van der Waals surface area contributed by atoms with Crippen LogP contribution in [0.1, 0.15) is 41.5 Å². The van der Waals surface area contributed by atoms with Crippen molar-refractivity contribution in [3.63, 3.8) is 0 Å². The van der Waals surface area contributed by atoms with Crippen molar-refractivity contribution < 1.29 is 0 Å². The third kappa shape index (κ3) is 20.0. The molecule has 2 heteroatoms. The Bertz CT molecular complexity index is 500. The lowest BCUT2D eigenvalue weighted by Gasteiger charge is -2.04. The summed E-state index contributed by atoms with van der Waals surface area (Å²) in [5, 5.41) is 0.893. The Morgan fingerprint density at radius 3 is 1.54 bits per heavy atom. The van der Waals surface area contributed by atoms with Crippen LogP contribution in [0.5, 0.6) is 0 Å². The Balaban J connectivity index is -0.000000362. The monoisotopic (exact) mass is 373 g/mol. The van der Waals surface area contributed by atoms with Gasteiger partial charge in [-0.2, -0.15) is 0 Å². The number of thioether (sulfide) groups is 1. The molecule has 0 saturated carbocycles. The van der Waals surface area contributed by atoms with Crippen LogP contribution in [0, 0.1) is 0 Å². The van der Waals surface area contributed by atoms with Crippen LogP contribution in [0.4, 0.5) is 0 Å². The second-order valence-corrected chi connectivity index (χ2v) is 4.29. The molecular weight excluding hydrogens is 334 g/mol. The van der Waals surface area contributed by atoms with Crippen molar-refractivity contribution in [3.8, 4) is 0 Å². The highest BCUT2D eigenvalue weighted by Gasteiger charge is 2.02. The molecule has 0 fully saturated rings. The van der Waals surface area contributed by atoms with Crippen molar-refractivity contribution in [3.05, 3.63) is 98.3 Å². The molecule has 1 nitrogen and oxygen atoms in total. The molecule has 26 heavy (non-hydrogen) atoms. The largest absolute Gasteiger partial charge is 0.241 e. The highest BCUT2D eigenvalue weighted by molar-refractivity contribution is 8.13. The van der Waals surface area contributed by atoms with Crippen molar-refractivity contribution in [2.45, 2.75) is 41.5 Å². The van der Waals surface area contributed by atoms with Crippen LogP contribution >= 0.6 is 11.8 Å². The van der Waals surface area contributed by atoms with Crippen molar-refractivity contribution in [1.82, 2.24) is 0 Å². The summed E-state index contributed by atoms with van der Waals surface area (Å²) in [6.07, 6.45) is 20.2. The first kappa shape index (κ1) is 31.7. The maximum absolute atomic E-state index is 4.63. The van der Waals surface area contributed by atoms with E-state index in [0.29, 0.717) is 0 Å². The van der Waals surface area contributed by atoms with Gasteiger partial charge in [-0.05, 0) is 18.4 Å². The van der Waals surface area contributed by atoms with E-state index in [1.165, 1.54) is 0 Å². The zero-order valence-corrected chi connectivity index (χ0v) is 18.8. The summed E-state index contributed by atoms with van der Waals surface area (Å²) in [6, 6.07) is 0. The van der Waals surface area contributed by atoms with Gasteiger partial charge in [-0.3, -0.25) is 0 Å². The normalized spacial score (nSPS) is 11.3. The molecule has 0 amide bonds. The Labute approximate surface area is 168 Å². The lowest BCUT2D eigenvalue weighted by molar-refractivity contribution is 1.41. The molecular formula is C24H39NS. The van der Waals surface area contributed by atoms with E-state index in [2.05, 4.69) is 31.3 Å². The number of allylic oxidation sites excluding steroid dienone is 10. The van der Waals surface area contributed by atoms with E-state index >= 15 is 0 Å². The van der Waals surface area contributed by atoms with Crippen molar-refractivity contribution >= 4 is 16.8 Å². The second kappa shape index (κ2) is 30.8. The molecule has 0 atom stereocenters. The van der Waals surface area contributed by atoms with Crippen molar-refractivity contribution in [2.24, 2.45) is 4.99 Å². The van der Waals surface area contributed by atoms with Crippen molar-refractivity contribution in [2.75, 3.05) is 6.26 Å². The van der Waals surface area contributed by atoms with Gasteiger partial charge in [0.2, 0.25) is 0 Å². The zero-order valence-electron chi connectivity index (χ0n) is 18.0. The first-order valence-electron chi connectivity index (χ1n) is 9.10. The van der Waals surface area contributed by atoms with E-state index < -0.39 is 0 Å². The maximum Gasteiger partial charge on any atom is 0.104 e. The fourth-order valence-electron chi connectivity index (χ4n) is 1.26. The van der Waals surface area contributed by atoms with Crippen molar-refractivity contribution in [1.29, 1.82) is 0 Å². The molecule has 0 aliphatic carbocycles. The topological polar surface area (TPSA) is 12.4 Å². The molecule has 0 saturated heterocycles. The van der Waals surface area contributed by atoms with Gasteiger partial charge in [0.25, 0.3) is 0 Å². The summed E-state index contributed by atoms with van der Waals surface area (Å²) in [4.78, 5) is 4.63. The fraction of sp³-hybridized carbons (Fsp3) is 0.292. The molecule has 0 radical (unpaired) electrons. The lowest BCUT2D eigenvalue weighted by atomic mass is 10.2. The predicted molar refractivity (Wildman–Crippen MR) is 130 cm³/mol. The summed E-state index contributed by atoms with van der Waals surface area (Å²) in [5.74, 6) is 0. The Morgan fingerprint density at radius 2 is 1.15 bits per heavy atom. The minimum atomic E-state index is 0.811. The lowest BCUT2D eigenvalue weighted by Crippen LogP contribution is -1.95. The standard InChI is InChI=1S/C18H21NS.3C2H6/c1-6-10-14-16(12-8-3)18(20-5)19-17(13-9-4)15-11-7-2;3*1-2/h6-15H,1-4H2,5H3;3*1-2H3/b14-10-,15-11-,16-12+,17-13+,19-18+;;;. The fourth-order valence-corrected chi connectivity index (χ4v) is 1.83. The Morgan fingerprint density at radius 1 is 0.692 bits per heavy atom. The first-order valence-corrected chi connectivity index (χ1v) is 10.3. The molecule has 146 valence electrons. The van der Waals surface area contributed by atoms with Gasteiger partial charge in [0.05, 0.1) is 5.70 Å². The van der Waals surface area contributed by atoms with E-state index in [1.54, 1.807) is 36.1 Å². The predicted octanol–water partition coefficient (Wildman–Crippen LogP) is 8.49. The van der Waals surface area contributed by atoms with E-state index in [0.717, 1.165) is 16.3 Å². The second-order valence-electron chi connectivity index (χ2n) is 3.50. The minimum Gasteiger partial charge on any atom is -0.241 e. The average Bonchev–Trinajstić information content (AvgIpc) is 2.72. The third-order valence-electron chi connectivity index (χ3n) is 2.07. The molecule has 0 aromatic heterocycles. The number of aliphatic imine (C=N–C) groups is 1. The summed E-state index contributed by atoms with van der Waals surface area (Å²) in [5.41, 5.74) is 1.79. The highest BCUT2D eigenvalue weighted by atomic mass is 32.2. The summed E-state index contributed by atoms with van der Waals surface area (Å²) in [7, 11) is 0. The van der Waals surface area contributed by atoms with Gasteiger partial charge in [0.15, 0.2) is 0 Å². The molecule has 0 aliphatic rings. The van der Waals surface area contributed by atoms with Crippen LogP contribution in [0.25, 0.3) is 0 Å². The summed E-state index contributed by atoms with van der Waals surface area (Å²) in [6.45, 7) is 26.8. The Hall–Kier alpha value is -2.06. The molecule has 0 heterocycles. The zero-order chi connectivity index (χ0) is 21.2. The first-order chi connectivity index (χ1) is 12.7. The summed E-state index contributed by atoms with van der Waals surface area (Å²) < 4.78 is 0. The number of nitrogens with zero attached hydrogens (tertiary/aromatic N) is 1. The van der Waals surface area contributed by atoms with E-state index in [9.17, 15) is 0 Å². The van der Waals surface area contributed by atoms with Gasteiger partial charge in [0, 0.05) is 5.57 Å². The van der Waals surface area contributed by atoms with Crippen LogP contribution < -0.4 is 0 Å². The maximum atomic E-state index is 4.63. The van der Waals surface area contributed by atoms with Crippen LogP contribution in [0.3, 0.4) is 0 Å². The smallest absolute Gasteiger partial charge is 0.104 e. The number of hydrogen-bond donors (Lipinski definition) is 0. The quantitative estimate of drug-likeness (QED) is 0.236. The average molecular weight is 374 g/mol. The molecule has 0 bridgehead atoms. The molecule has 0 rings (SSSR count). The van der Waals surface area contributed by atoms with E-state index in [4.69, 9.17) is 0 Å². The van der Waals surface area contributed by atoms with Gasteiger partial charge in [-0.15, -0.1) is 11.8 Å². The van der Waals surface area contributed by atoms with Gasteiger partial charge in [0.1, 0.15) is 5.04 Å². The van der Waals surface area contributed by atoms with Crippen LogP contribution in [-0.2, 0) is 0 Å². The van der Waals surface area contributed by atoms with Gasteiger partial charge >= 0.3 is 0 Å².